The molecule has 1 atom stereocenters. The van der Waals surface area contributed by atoms with Crippen molar-refractivity contribution in [2.24, 2.45) is 0 Å². The molecule has 2 aromatic carbocycles. The zero-order chi connectivity index (χ0) is 22.9. The second kappa shape index (κ2) is 11.3. The summed E-state index contributed by atoms with van der Waals surface area (Å²) in [5.74, 6) is -1.13. The van der Waals surface area contributed by atoms with Gasteiger partial charge in [-0.15, -0.1) is 0 Å². The monoisotopic (exact) mass is 453 g/mol. The van der Waals surface area contributed by atoms with Crippen LogP contribution in [0.2, 0.25) is 0 Å². The average Bonchev–Trinajstić information content (AvgIpc) is 3.30. The summed E-state index contributed by atoms with van der Waals surface area (Å²) in [5, 5.41) is 11.9. The van der Waals surface area contributed by atoms with Crippen molar-refractivity contribution < 1.29 is 19.1 Å². The van der Waals surface area contributed by atoms with Crippen molar-refractivity contribution in [3.05, 3.63) is 89.8 Å². The predicted octanol–water partition coefficient (Wildman–Crippen LogP) is 4.20. The number of thioether (sulfide) groups is 1. The number of aliphatic carboxylic acids is 1. The summed E-state index contributed by atoms with van der Waals surface area (Å²) < 4.78 is 15.3. The highest BCUT2D eigenvalue weighted by atomic mass is 32.2. The third kappa shape index (κ3) is 6.55. The Kier molecular flexibility index (Phi) is 8.21. The molecule has 0 aliphatic rings. The van der Waals surface area contributed by atoms with Gasteiger partial charge in [-0.3, -0.25) is 4.79 Å². The summed E-state index contributed by atoms with van der Waals surface area (Å²) in [7, 11) is 0. The van der Waals surface area contributed by atoms with Crippen LogP contribution < -0.4 is 5.32 Å². The van der Waals surface area contributed by atoms with E-state index in [0.29, 0.717) is 24.3 Å². The molecule has 0 fully saturated rings. The summed E-state index contributed by atoms with van der Waals surface area (Å²) in [5.41, 5.74) is 3.07. The number of nitrogens with one attached hydrogen (secondary N) is 1. The summed E-state index contributed by atoms with van der Waals surface area (Å²) in [6.45, 7) is 0.545. The molecule has 0 spiro atoms. The molecule has 1 aromatic heterocycles. The first-order chi connectivity index (χ1) is 15.5. The van der Waals surface area contributed by atoms with Crippen molar-refractivity contribution in [3.63, 3.8) is 0 Å². The number of carboxylic acids is 1. The van der Waals surface area contributed by atoms with E-state index < -0.39 is 17.9 Å². The van der Waals surface area contributed by atoms with Crippen LogP contribution in [0.4, 0.5) is 4.39 Å². The van der Waals surface area contributed by atoms with E-state index in [0.717, 1.165) is 16.7 Å². The Labute approximate surface area is 190 Å². The van der Waals surface area contributed by atoms with Crippen LogP contribution in [-0.2, 0) is 11.3 Å². The molecule has 32 heavy (non-hydrogen) atoms. The maximum absolute atomic E-state index is 13.4. The van der Waals surface area contributed by atoms with Gasteiger partial charge in [0.25, 0.3) is 5.91 Å². The third-order valence-corrected chi connectivity index (χ3v) is 5.50. The first-order valence-electron chi connectivity index (χ1n) is 10.0. The van der Waals surface area contributed by atoms with Gasteiger partial charge in [0.1, 0.15) is 11.9 Å². The van der Waals surface area contributed by atoms with Crippen LogP contribution in [0.15, 0.2) is 67.3 Å². The minimum atomic E-state index is -1.05. The molecule has 0 saturated carbocycles. The molecule has 3 aromatic rings. The third-order valence-electron chi connectivity index (χ3n) is 4.85. The molecule has 0 bridgehead atoms. The average molecular weight is 454 g/mol. The molecule has 166 valence electrons. The van der Waals surface area contributed by atoms with E-state index in [1.54, 1.807) is 48.9 Å². The minimum absolute atomic E-state index is 0.303. The van der Waals surface area contributed by atoms with Crippen molar-refractivity contribution in [2.45, 2.75) is 19.0 Å². The van der Waals surface area contributed by atoms with Crippen molar-refractivity contribution in [2.75, 3.05) is 12.0 Å². The van der Waals surface area contributed by atoms with E-state index in [9.17, 15) is 19.1 Å². The van der Waals surface area contributed by atoms with Gasteiger partial charge in [0.15, 0.2) is 0 Å². The molecule has 0 aliphatic carbocycles. The van der Waals surface area contributed by atoms with Gasteiger partial charge in [-0.2, -0.15) is 11.8 Å². The van der Waals surface area contributed by atoms with Gasteiger partial charge in [-0.1, -0.05) is 24.3 Å². The van der Waals surface area contributed by atoms with Crippen molar-refractivity contribution in [3.8, 4) is 0 Å². The van der Waals surface area contributed by atoms with Gasteiger partial charge in [-0.05, 0) is 65.5 Å². The van der Waals surface area contributed by atoms with Crippen molar-refractivity contribution in [1.82, 2.24) is 14.9 Å². The Morgan fingerprint density at radius 1 is 1.16 bits per heavy atom. The van der Waals surface area contributed by atoms with Crippen LogP contribution in [-0.4, -0.2) is 44.6 Å². The quantitative estimate of drug-likeness (QED) is 0.450. The number of carbonyl (C=O) groups excluding carboxylic acids is 1. The fourth-order valence-electron chi connectivity index (χ4n) is 3.13. The lowest BCUT2D eigenvalue weighted by molar-refractivity contribution is -0.139. The van der Waals surface area contributed by atoms with E-state index >= 15 is 0 Å². The first-order valence-corrected chi connectivity index (χ1v) is 11.4. The molecular formula is C24H24FN3O3S. The second-order valence-corrected chi connectivity index (χ2v) is 8.16. The highest BCUT2D eigenvalue weighted by molar-refractivity contribution is 7.98. The van der Waals surface area contributed by atoms with Crippen molar-refractivity contribution >= 4 is 35.3 Å². The van der Waals surface area contributed by atoms with Crippen LogP contribution in [0, 0.1) is 5.82 Å². The lowest BCUT2D eigenvalue weighted by atomic mass is 10.0. The fourth-order valence-corrected chi connectivity index (χ4v) is 3.60. The summed E-state index contributed by atoms with van der Waals surface area (Å²) in [4.78, 5) is 27.9. The maximum Gasteiger partial charge on any atom is 0.326 e. The number of imidazole rings is 1. The number of aromatic nitrogens is 2. The molecule has 0 saturated heterocycles. The highest BCUT2D eigenvalue weighted by Crippen LogP contribution is 2.21. The van der Waals surface area contributed by atoms with Gasteiger partial charge in [0, 0.05) is 24.5 Å². The smallest absolute Gasteiger partial charge is 0.326 e. The number of halogens is 1. The SMILES string of the molecule is CSCC[C@H](NC(=O)c1ccc(/C=C(/Cn2ccnc2)c2ccc(F)cc2)cc1)C(=O)O. The van der Waals surface area contributed by atoms with Crippen LogP contribution in [0.5, 0.6) is 0 Å². The van der Waals surface area contributed by atoms with Gasteiger partial charge in [-0.25, -0.2) is 14.2 Å². The molecule has 0 unspecified atom stereocenters. The number of amides is 1. The number of carbonyl (C=O) groups is 2. The first kappa shape index (κ1) is 23.3. The van der Waals surface area contributed by atoms with Crippen LogP contribution in [0.25, 0.3) is 11.6 Å². The molecule has 3 rings (SSSR count). The number of hydrogen-bond donors (Lipinski definition) is 2. The topological polar surface area (TPSA) is 84.2 Å². The number of benzene rings is 2. The summed E-state index contributed by atoms with van der Waals surface area (Å²) in [6, 6.07) is 12.3. The predicted molar refractivity (Wildman–Crippen MR) is 125 cm³/mol. The van der Waals surface area contributed by atoms with E-state index in [4.69, 9.17) is 0 Å². The number of allylic oxidation sites excluding steroid dienone is 1. The Balaban J connectivity index is 1.79. The molecule has 0 aliphatic heterocycles. The fraction of sp³-hybridized carbons (Fsp3) is 0.208. The van der Waals surface area contributed by atoms with E-state index in [-0.39, 0.29) is 5.82 Å². The molecule has 8 heteroatoms. The van der Waals surface area contributed by atoms with E-state index in [1.165, 1.54) is 23.9 Å². The number of nitrogens with zero attached hydrogens (tertiary/aromatic N) is 2. The maximum atomic E-state index is 13.4. The largest absolute Gasteiger partial charge is 0.480 e. The normalized spacial score (nSPS) is 12.4. The lowest BCUT2D eigenvalue weighted by Gasteiger charge is -2.14. The molecule has 1 amide bonds. The molecule has 6 nitrogen and oxygen atoms in total. The van der Waals surface area contributed by atoms with Crippen molar-refractivity contribution in [1.29, 1.82) is 0 Å². The highest BCUT2D eigenvalue weighted by Gasteiger charge is 2.20. The second-order valence-electron chi connectivity index (χ2n) is 7.18. The van der Waals surface area contributed by atoms with Gasteiger partial charge in [0.05, 0.1) is 6.33 Å². The van der Waals surface area contributed by atoms with E-state index in [1.807, 2.05) is 23.1 Å². The van der Waals surface area contributed by atoms with Gasteiger partial charge in [0.2, 0.25) is 0 Å². The van der Waals surface area contributed by atoms with Gasteiger partial charge >= 0.3 is 5.97 Å². The summed E-state index contributed by atoms with van der Waals surface area (Å²) >= 11 is 1.53. The number of hydrogen-bond acceptors (Lipinski definition) is 4. The number of carboxylic acid groups (broad SMARTS) is 1. The standard InChI is InChI=1S/C24H24FN3O3S/c1-32-13-10-22(24(30)31)27-23(29)19-4-2-17(3-5-19)14-20(15-28-12-11-26-16-28)18-6-8-21(25)9-7-18/h2-9,11-12,14,16,22H,10,13,15H2,1H3,(H,27,29)(H,30,31)/b20-14-/t22-/m0/s1. The van der Waals surface area contributed by atoms with Crippen LogP contribution in [0.1, 0.15) is 27.9 Å². The molecule has 0 radical (unpaired) electrons. The Morgan fingerprint density at radius 2 is 1.84 bits per heavy atom. The Hall–Kier alpha value is -3.39. The zero-order valence-corrected chi connectivity index (χ0v) is 18.4. The molecular weight excluding hydrogens is 429 g/mol. The van der Waals surface area contributed by atoms with Gasteiger partial charge < -0.3 is 15.0 Å². The number of rotatable bonds is 10. The van der Waals surface area contributed by atoms with Crippen LogP contribution in [0.3, 0.4) is 0 Å². The minimum Gasteiger partial charge on any atom is -0.480 e. The lowest BCUT2D eigenvalue weighted by Crippen LogP contribution is -2.41. The Bertz CT molecular complexity index is 1060. The molecule has 1 heterocycles. The van der Waals surface area contributed by atoms with E-state index in [2.05, 4.69) is 10.3 Å². The molecule has 2 N–H and O–H groups in total. The Morgan fingerprint density at radius 3 is 2.44 bits per heavy atom. The summed E-state index contributed by atoms with van der Waals surface area (Å²) in [6.07, 6.45) is 9.46. The van der Waals surface area contributed by atoms with Crippen LogP contribution >= 0.6 is 11.8 Å². The zero-order valence-electron chi connectivity index (χ0n) is 17.6.